The number of fused-ring (bicyclic) bond motifs is 2. The Morgan fingerprint density at radius 1 is 1.11 bits per heavy atom. The van der Waals surface area contributed by atoms with E-state index in [4.69, 9.17) is 0 Å². The number of nitrogens with one attached hydrogen (secondary N) is 1. The molecule has 1 saturated carbocycles. The van der Waals surface area contributed by atoms with Crippen molar-refractivity contribution in [3.63, 3.8) is 0 Å². The van der Waals surface area contributed by atoms with Crippen LogP contribution in [0.25, 0.3) is 22.0 Å². The molecule has 1 saturated heterocycles. The maximum atomic E-state index is 13.5. The van der Waals surface area contributed by atoms with Crippen LogP contribution in [0.5, 0.6) is 0 Å². The van der Waals surface area contributed by atoms with E-state index in [0.717, 1.165) is 17.5 Å². The predicted octanol–water partition coefficient (Wildman–Crippen LogP) is 3.65. The average Bonchev–Trinajstić information content (AvgIpc) is 3.39. The molecule has 192 valence electrons. The van der Waals surface area contributed by atoms with Gasteiger partial charge < -0.3 is 10.2 Å². The molecule has 1 aromatic carbocycles. The van der Waals surface area contributed by atoms with Gasteiger partial charge in [0.25, 0.3) is 0 Å². The lowest BCUT2D eigenvalue weighted by Crippen LogP contribution is -2.47. The van der Waals surface area contributed by atoms with Crippen molar-refractivity contribution in [1.29, 1.82) is 0 Å². The van der Waals surface area contributed by atoms with Crippen LogP contribution in [-0.2, 0) is 16.1 Å². The summed E-state index contributed by atoms with van der Waals surface area (Å²) in [5.41, 5.74) is 2.63. The van der Waals surface area contributed by atoms with Crippen LogP contribution >= 0.6 is 15.9 Å². The summed E-state index contributed by atoms with van der Waals surface area (Å²) in [5.74, 6) is 0.924. The first-order valence-corrected chi connectivity index (χ1v) is 13.1. The van der Waals surface area contributed by atoms with Crippen LogP contribution < -0.4 is 5.32 Å². The molecule has 1 aliphatic carbocycles. The second-order valence-electron chi connectivity index (χ2n) is 9.80. The monoisotopic (exact) mass is 573 g/mol. The molecule has 0 bridgehead atoms. The zero-order valence-corrected chi connectivity index (χ0v) is 22.3. The molecule has 4 heterocycles. The summed E-state index contributed by atoms with van der Waals surface area (Å²) in [7, 11) is 0. The van der Waals surface area contributed by atoms with Crippen molar-refractivity contribution in [2.45, 2.75) is 32.9 Å². The van der Waals surface area contributed by atoms with Crippen molar-refractivity contribution in [3.8, 4) is 11.1 Å². The van der Waals surface area contributed by atoms with Gasteiger partial charge in [-0.05, 0) is 70.9 Å². The summed E-state index contributed by atoms with van der Waals surface area (Å²) in [6, 6.07) is 10.3. The number of ketones is 1. The van der Waals surface area contributed by atoms with Gasteiger partial charge in [-0.25, -0.2) is 15.0 Å². The van der Waals surface area contributed by atoms with Crippen LogP contribution in [0, 0.1) is 18.8 Å². The van der Waals surface area contributed by atoms with Crippen molar-refractivity contribution in [1.82, 2.24) is 29.6 Å². The number of carbonyl (C=O) groups is 3. The Labute approximate surface area is 226 Å². The predicted molar refractivity (Wildman–Crippen MR) is 143 cm³/mol. The fourth-order valence-electron chi connectivity index (χ4n) is 5.24. The number of piperidine rings is 1. The Morgan fingerprint density at radius 3 is 2.63 bits per heavy atom. The number of anilines is 1. The van der Waals surface area contributed by atoms with Crippen LogP contribution in [0.15, 0.2) is 53.4 Å². The summed E-state index contributed by atoms with van der Waals surface area (Å²) < 4.78 is 2.17. The van der Waals surface area contributed by atoms with E-state index >= 15 is 0 Å². The molecular weight excluding hydrogens is 550 g/mol. The molecule has 0 radical (unpaired) electrons. The molecule has 4 aromatic rings. The highest BCUT2D eigenvalue weighted by Gasteiger charge is 2.56. The number of pyridine rings is 1. The number of hydrogen-bond acceptors (Lipinski definition) is 7. The first-order chi connectivity index (χ1) is 18.3. The molecule has 3 atom stereocenters. The van der Waals surface area contributed by atoms with Gasteiger partial charge in [0.2, 0.25) is 11.8 Å². The number of aromatic nitrogens is 5. The Balaban J connectivity index is 1.26. The number of carbonyl (C=O) groups excluding carboxylic acids is 3. The maximum absolute atomic E-state index is 13.5. The number of aryl methyl sites for hydroxylation is 1. The molecular formula is C27H24BrN7O3. The molecule has 38 heavy (non-hydrogen) atoms. The van der Waals surface area contributed by atoms with Crippen molar-refractivity contribution >= 4 is 50.2 Å². The van der Waals surface area contributed by atoms with Crippen molar-refractivity contribution in [2.24, 2.45) is 11.8 Å². The number of Topliss-reactive ketones (excluding diaryl/α,β-unsaturated/α-hetero) is 1. The van der Waals surface area contributed by atoms with Crippen molar-refractivity contribution in [3.05, 3.63) is 64.9 Å². The number of benzene rings is 1. The van der Waals surface area contributed by atoms with Crippen molar-refractivity contribution in [2.75, 3.05) is 11.9 Å². The van der Waals surface area contributed by atoms with E-state index in [1.807, 2.05) is 25.1 Å². The topological polar surface area (TPSA) is 123 Å². The summed E-state index contributed by atoms with van der Waals surface area (Å²) >= 11 is 3.31. The smallest absolute Gasteiger partial charge is 0.248 e. The van der Waals surface area contributed by atoms with Gasteiger partial charge in [-0.1, -0.05) is 12.1 Å². The van der Waals surface area contributed by atoms with Crippen LogP contribution in [0.4, 0.5) is 5.82 Å². The summed E-state index contributed by atoms with van der Waals surface area (Å²) in [5, 5.41) is 8.01. The normalized spacial score (nSPS) is 19.9. The standard InChI is InChI=1S/C27H24BrN7O3/c1-14(36)25-20-8-16(18-10-29-15(2)30-11-18)6-7-21(20)35(33-25)13-24(37)34-12-17-9-19(17)26(34)27(38)32-23-5-3-4-22(28)31-23/h3-8,10-11,17,19,26H,9,12-13H2,1-2H3,(H,31,32,38)/t17-,19-,26-/m0/s1. The molecule has 2 amide bonds. The van der Waals surface area contributed by atoms with E-state index in [0.29, 0.717) is 45.3 Å². The first-order valence-electron chi connectivity index (χ1n) is 12.3. The van der Waals surface area contributed by atoms with E-state index < -0.39 is 6.04 Å². The minimum atomic E-state index is -0.560. The molecule has 0 spiro atoms. The largest absolute Gasteiger partial charge is 0.328 e. The molecule has 10 nitrogen and oxygen atoms in total. The number of rotatable bonds is 6. The quantitative estimate of drug-likeness (QED) is 0.276. The van der Waals surface area contributed by atoms with E-state index in [1.165, 1.54) is 6.92 Å². The number of hydrogen-bond donors (Lipinski definition) is 1. The van der Waals surface area contributed by atoms with E-state index in [-0.39, 0.29) is 30.1 Å². The average molecular weight is 574 g/mol. The summed E-state index contributed by atoms with van der Waals surface area (Å²) in [4.78, 5) is 53.6. The van der Waals surface area contributed by atoms with Gasteiger partial charge >= 0.3 is 0 Å². The highest BCUT2D eigenvalue weighted by Crippen LogP contribution is 2.50. The minimum absolute atomic E-state index is 0.0743. The minimum Gasteiger partial charge on any atom is -0.328 e. The number of amides is 2. The zero-order chi connectivity index (χ0) is 26.6. The Kier molecular flexibility index (Phi) is 6.02. The second-order valence-corrected chi connectivity index (χ2v) is 10.6. The fraction of sp³-hybridized carbons (Fsp3) is 0.296. The SMILES string of the molecule is CC(=O)c1nn(CC(=O)N2C[C@@H]3C[C@@H]3[C@H]2C(=O)Nc2cccc(Br)n2)c2ccc(-c3cnc(C)nc3)cc12. The third kappa shape index (κ3) is 4.47. The molecule has 11 heteroatoms. The molecule has 2 aliphatic rings. The summed E-state index contributed by atoms with van der Waals surface area (Å²) in [6.45, 7) is 3.73. The molecule has 1 N–H and O–H groups in total. The van der Waals surface area contributed by atoms with E-state index in [1.54, 1.807) is 40.2 Å². The van der Waals surface area contributed by atoms with Crippen LogP contribution in [0.3, 0.4) is 0 Å². The maximum Gasteiger partial charge on any atom is 0.248 e. The van der Waals surface area contributed by atoms with Crippen molar-refractivity contribution < 1.29 is 14.4 Å². The van der Waals surface area contributed by atoms with Gasteiger partial charge in [0.15, 0.2) is 5.78 Å². The number of nitrogens with zero attached hydrogens (tertiary/aromatic N) is 6. The van der Waals surface area contributed by atoms with Gasteiger partial charge in [-0.15, -0.1) is 0 Å². The lowest BCUT2D eigenvalue weighted by molar-refractivity contribution is -0.138. The van der Waals surface area contributed by atoms with Crippen LogP contribution in [0.2, 0.25) is 0 Å². The summed E-state index contributed by atoms with van der Waals surface area (Å²) in [6.07, 6.45) is 4.40. The Bertz CT molecular complexity index is 1600. The van der Waals surface area contributed by atoms with Gasteiger partial charge in [0, 0.05) is 36.8 Å². The highest BCUT2D eigenvalue weighted by atomic mass is 79.9. The lowest BCUT2D eigenvalue weighted by Gasteiger charge is -2.26. The van der Waals surface area contributed by atoms with Crippen LogP contribution in [0.1, 0.15) is 29.7 Å². The molecule has 1 aliphatic heterocycles. The Hall–Kier alpha value is -3.99. The highest BCUT2D eigenvalue weighted by molar-refractivity contribution is 9.10. The van der Waals surface area contributed by atoms with Gasteiger partial charge in [0.1, 0.15) is 34.5 Å². The Morgan fingerprint density at radius 2 is 1.89 bits per heavy atom. The zero-order valence-electron chi connectivity index (χ0n) is 20.8. The molecule has 3 aromatic heterocycles. The van der Waals surface area contributed by atoms with Crippen LogP contribution in [-0.4, -0.2) is 59.8 Å². The lowest BCUT2D eigenvalue weighted by atomic mass is 10.0. The molecule has 2 fully saturated rings. The third-order valence-corrected chi connectivity index (χ3v) is 7.63. The number of halogens is 1. The van der Waals surface area contributed by atoms with E-state index in [2.05, 4.69) is 41.3 Å². The fourth-order valence-corrected chi connectivity index (χ4v) is 5.58. The first kappa shape index (κ1) is 24.4. The van der Waals surface area contributed by atoms with Gasteiger partial charge in [-0.3, -0.25) is 19.1 Å². The van der Waals surface area contributed by atoms with Gasteiger partial charge in [0.05, 0.1) is 5.52 Å². The number of likely N-dealkylation sites (tertiary alicyclic amines) is 1. The second kappa shape index (κ2) is 9.39. The molecule has 0 unspecified atom stereocenters. The van der Waals surface area contributed by atoms with Gasteiger partial charge in [-0.2, -0.15) is 5.10 Å². The van der Waals surface area contributed by atoms with E-state index in [9.17, 15) is 14.4 Å². The third-order valence-electron chi connectivity index (χ3n) is 7.19. The molecule has 6 rings (SSSR count).